The highest BCUT2D eigenvalue weighted by Crippen LogP contribution is 2.33. The van der Waals surface area contributed by atoms with E-state index in [0.29, 0.717) is 23.0 Å². The molecule has 2 aromatic rings. The number of guanidine groups is 1. The Hall–Kier alpha value is -2.80. The lowest BCUT2D eigenvalue weighted by molar-refractivity contribution is 0.120. The molecule has 0 spiro atoms. The van der Waals surface area contributed by atoms with Crippen molar-refractivity contribution in [2.75, 3.05) is 48.8 Å². The van der Waals surface area contributed by atoms with Gasteiger partial charge in [-0.05, 0) is 75.3 Å². The minimum atomic E-state index is -1.76. The zero-order valence-corrected chi connectivity index (χ0v) is 24.4. The Morgan fingerprint density at radius 2 is 1.79 bits per heavy atom. The standard InChI is InChI=1S/C29H38ClN6O2P/c1-20-10-14-35(15-11-20)21-12-16-36(17-13-21)22-8-9-24(26(18-22)38-2)33-29-31-19-23(30)28(34-29)32-25-6-4-5-7-27(25)39(3)37/h4-9,18-21,23,28,32H,3,10-17H2,1-2H3,(H,33,34). The van der Waals surface area contributed by atoms with Gasteiger partial charge in [0.25, 0.3) is 0 Å². The number of ether oxygens (including phenoxy) is 1. The molecule has 5 rings (SSSR count). The summed E-state index contributed by atoms with van der Waals surface area (Å²) in [6.45, 7) is 6.96. The van der Waals surface area contributed by atoms with Crippen LogP contribution >= 0.6 is 19.0 Å². The first-order valence-corrected chi connectivity index (χ1v) is 15.6. The summed E-state index contributed by atoms with van der Waals surface area (Å²) < 4.78 is 17.8. The van der Waals surface area contributed by atoms with Gasteiger partial charge in [-0.2, -0.15) is 0 Å². The molecule has 0 aliphatic carbocycles. The minimum Gasteiger partial charge on any atom is -0.494 e. The van der Waals surface area contributed by atoms with E-state index in [1.54, 1.807) is 19.4 Å². The van der Waals surface area contributed by atoms with Crippen molar-refractivity contribution >= 4 is 59.9 Å². The number of aliphatic imine (C=N–C) groups is 2. The summed E-state index contributed by atoms with van der Waals surface area (Å²) in [4.78, 5) is 14.2. The third kappa shape index (κ3) is 6.68. The maximum absolute atomic E-state index is 12.1. The molecule has 10 heteroatoms. The van der Waals surface area contributed by atoms with Gasteiger partial charge in [-0.1, -0.05) is 19.1 Å². The van der Waals surface area contributed by atoms with Crippen LogP contribution in [0.5, 0.6) is 5.75 Å². The fraction of sp³-hybridized carbons (Fsp3) is 0.483. The number of hydrogen-bond donors (Lipinski definition) is 2. The molecule has 208 valence electrons. The van der Waals surface area contributed by atoms with Gasteiger partial charge in [0.2, 0.25) is 5.96 Å². The summed E-state index contributed by atoms with van der Waals surface area (Å²) >= 11 is 6.50. The number of alkyl halides is 1. The maximum Gasteiger partial charge on any atom is 0.224 e. The number of likely N-dealkylation sites (tertiary alicyclic amines) is 1. The van der Waals surface area contributed by atoms with Gasteiger partial charge in [0, 0.05) is 37.1 Å². The molecule has 3 unspecified atom stereocenters. The van der Waals surface area contributed by atoms with Crippen molar-refractivity contribution in [1.29, 1.82) is 0 Å². The molecule has 3 heterocycles. The summed E-state index contributed by atoms with van der Waals surface area (Å²) in [6.07, 6.45) is 9.89. The van der Waals surface area contributed by atoms with Crippen molar-refractivity contribution in [1.82, 2.24) is 4.90 Å². The Morgan fingerprint density at radius 3 is 2.51 bits per heavy atom. The van der Waals surface area contributed by atoms with E-state index < -0.39 is 19.0 Å². The molecule has 0 radical (unpaired) electrons. The number of methoxy groups -OCH3 is 1. The van der Waals surface area contributed by atoms with Crippen molar-refractivity contribution in [2.24, 2.45) is 15.9 Å². The Kier molecular flexibility index (Phi) is 8.96. The molecule has 0 bridgehead atoms. The second-order valence-corrected chi connectivity index (χ2v) is 12.3. The second-order valence-electron chi connectivity index (χ2n) is 10.6. The lowest BCUT2D eigenvalue weighted by atomic mass is 9.95. The first-order valence-electron chi connectivity index (χ1n) is 13.7. The van der Waals surface area contributed by atoms with Crippen LogP contribution in [0.3, 0.4) is 0 Å². The van der Waals surface area contributed by atoms with Crippen LogP contribution < -0.4 is 25.6 Å². The van der Waals surface area contributed by atoms with Crippen LogP contribution in [0.15, 0.2) is 52.4 Å². The maximum atomic E-state index is 12.1. The molecule has 2 N–H and O–H groups in total. The van der Waals surface area contributed by atoms with E-state index >= 15 is 0 Å². The molecular formula is C29H38ClN6O2P. The fourth-order valence-electron chi connectivity index (χ4n) is 5.59. The lowest BCUT2D eigenvalue weighted by Gasteiger charge is -2.42. The second kappa shape index (κ2) is 12.6. The van der Waals surface area contributed by atoms with Crippen LogP contribution in [0.25, 0.3) is 0 Å². The molecule has 39 heavy (non-hydrogen) atoms. The van der Waals surface area contributed by atoms with E-state index in [2.05, 4.69) is 55.8 Å². The van der Waals surface area contributed by atoms with Gasteiger partial charge >= 0.3 is 0 Å². The van der Waals surface area contributed by atoms with E-state index in [0.717, 1.165) is 36.1 Å². The van der Waals surface area contributed by atoms with Crippen molar-refractivity contribution in [3.8, 4) is 5.75 Å². The third-order valence-electron chi connectivity index (χ3n) is 7.97. The predicted molar refractivity (Wildman–Crippen MR) is 166 cm³/mol. The van der Waals surface area contributed by atoms with Crippen molar-refractivity contribution in [3.05, 3.63) is 42.5 Å². The molecule has 2 aromatic carbocycles. The molecule has 2 saturated heterocycles. The van der Waals surface area contributed by atoms with E-state index in [1.807, 2.05) is 24.3 Å². The average molecular weight is 569 g/mol. The van der Waals surface area contributed by atoms with Crippen LogP contribution in [0.1, 0.15) is 32.6 Å². The third-order valence-corrected chi connectivity index (χ3v) is 9.25. The molecule has 0 amide bonds. The van der Waals surface area contributed by atoms with Crippen LogP contribution in [0.4, 0.5) is 17.1 Å². The molecular weight excluding hydrogens is 531 g/mol. The van der Waals surface area contributed by atoms with Gasteiger partial charge in [0.05, 0.1) is 23.8 Å². The predicted octanol–water partition coefficient (Wildman–Crippen LogP) is 5.18. The van der Waals surface area contributed by atoms with Crippen molar-refractivity contribution in [2.45, 2.75) is 50.2 Å². The number of benzene rings is 2. The van der Waals surface area contributed by atoms with Crippen LogP contribution in [0, 0.1) is 5.92 Å². The van der Waals surface area contributed by atoms with Crippen LogP contribution in [-0.2, 0) is 4.57 Å². The van der Waals surface area contributed by atoms with Gasteiger partial charge in [-0.25, -0.2) is 9.98 Å². The summed E-state index contributed by atoms with van der Waals surface area (Å²) in [7, 11) is -0.0816. The Balaban J connectivity index is 1.24. The van der Waals surface area contributed by atoms with Crippen molar-refractivity contribution in [3.63, 3.8) is 0 Å². The monoisotopic (exact) mass is 568 g/mol. The largest absolute Gasteiger partial charge is 0.494 e. The van der Waals surface area contributed by atoms with Gasteiger partial charge < -0.3 is 25.2 Å². The first kappa shape index (κ1) is 27.8. The summed E-state index contributed by atoms with van der Waals surface area (Å²) in [5.41, 5.74) is 2.64. The summed E-state index contributed by atoms with van der Waals surface area (Å²) in [5, 5.41) is 6.75. The number of piperidine rings is 2. The van der Waals surface area contributed by atoms with Gasteiger partial charge in [0.1, 0.15) is 24.7 Å². The summed E-state index contributed by atoms with van der Waals surface area (Å²) in [5.74, 6) is 2.02. The number of rotatable bonds is 7. The highest BCUT2D eigenvalue weighted by atomic mass is 35.5. The molecule has 3 atom stereocenters. The Morgan fingerprint density at radius 1 is 1.05 bits per heavy atom. The molecule has 3 aliphatic heterocycles. The number of hydrogen-bond acceptors (Lipinski definition) is 8. The highest BCUT2D eigenvalue weighted by molar-refractivity contribution is 7.52. The molecule has 2 fully saturated rings. The van der Waals surface area contributed by atoms with Gasteiger partial charge in [0.15, 0.2) is 0 Å². The highest BCUT2D eigenvalue weighted by Gasteiger charge is 2.28. The van der Waals surface area contributed by atoms with E-state index in [4.69, 9.17) is 16.3 Å². The smallest absolute Gasteiger partial charge is 0.224 e. The quantitative estimate of drug-likeness (QED) is 0.354. The summed E-state index contributed by atoms with van der Waals surface area (Å²) in [6, 6.07) is 14.3. The van der Waals surface area contributed by atoms with Crippen molar-refractivity contribution < 1.29 is 9.30 Å². The van der Waals surface area contributed by atoms with E-state index in [-0.39, 0.29) is 0 Å². The fourth-order valence-corrected chi connectivity index (χ4v) is 6.43. The number of nitrogens with zero attached hydrogens (tertiary/aromatic N) is 4. The zero-order chi connectivity index (χ0) is 27.4. The molecule has 3 aliphatic rings. The number of nitrogens with one attached hydrogen (secondary N) is 2. The number of anilines is 3. The molecule has 0 aromatic heterocycles. The van der Waals surface area contributed by atoms with Gasteiger partial charge in [-0.15, -0.1) is 11.6 Å². The topological polar surface area (TPSA) is 81.6 Å². The Bertz CT molecular complexity index is 1270. The zero-order valence-electron chi connectivity index (χ0n) is 22.7. The minimum absolute atomic E-state index is 0.420. The number of halogens is 1. The van der Waals surface area contributed by atoms with E-state index in [1.165, 1.54) is 38.8 Å². The Labute approximate surface area is 236 Å². The van der Waals surface area contributed by atoms with E-state index in [9.17, 15) is 4.57 Å². The SMILES string of the molecule is C=P(=O)c1ccccc1NC1N=C(Nc2ccc(N3CCC(N4CCC(C)CC4)CC3)cc2OC)N=CC1Cl. The van der Waals surface area contributed by atoms with Gasteiger partial charge in [-0.3, -0.25) is 4.57 Å². The average Bonchev–Trinajstić information content (AvgIpc) is 2.96. The molecule has 0 saturated carbocycles. The number of para-hydroxylation sites is 1. The molecule has 8 nitrogen and oxygen atoms in total. The first-order chi connectivity index (χ1) is 18.9. The van der Waals surface area contributed by atoms with Crippen LogP contribution in [0.2, 0.25) is 0 Å². The van der Waals surface area contributed by atoms with Crippen LogP contribution in [-0.4, -0.2) is 74.2 Å². The lowest BCUT2D eigenvalue weighted by Crippen LogP contribution is -2.47. The normalized spacial score (nSPS) is 23.3.